The third-order valence-corrected chi connectivity index (χ3v) is 8.46. The number of carboxylic acids is 1. The number of piperazine rings is 1. The summed E-state index contributed by atoms with van der Waals surface area (Å²) in [7, 11) is 0. The van der Waals surface area contributed by atoms with E-state index >= 15 is 0 Å². The van der Waals surface area contributed by atoms with Crippen LogP contribution in [0.4, 0.5) is 15.8 Å². The SMILES string of the molecule is CC(C)C(C(=O)O)N(N1CCN(c2ccc(C#Cc3ccc4c(c3)C(=O)N(Cc3ccc(F)cc3)CN4)cc2)CC1)S(=O)O. The fourth-order valence-corrected chi connectivity index (χ4v) is 6.26. The number of fused-ring (bicyclic) bond motifs is 1. The average Bonchev–Trinajstić information content (AvgIpc) is 3.01. The van der Waals surface area contributed by atoms with Crippen LogP contribution in [0.5, 0.6) is 0 Å². The van der Waals surface area contributed by atoms with Gasteiger partial charge in [0.25, 0.3) is 5.91 Å². The first-order valence-corrected chi connectivity index (χ1v) is 15.3. The van der Waals surface area contributed by atoms with Crippen LogP contribution in [0.15, 0.2) is 66.7 Å². The molecule has 44 heavy (non-hydrogen) atoms. The summed E-state index contributed by atoms with van der Waals surface area (Å²) in [6.45, 7) is 6.06. The van der Waals surface area contributed by atoms with Crippen LogP contribution >= 0.6 is 0 Å². The van der Waals surface area contributed by atoms with Crippen molar-refractivity contribution in [2.75, 3.05) is 43.1 Å². The summed E-state index contributed by atoms with van der Waals surface area (Å²) < 4.78 is 36.2. The lowest BCUT2D eigenvalue weighted by atomic mass is 10.0. The Labute approximate surface area is 258 Å². The Morgan fingerprint density at radius 1 is 1.00 bits per heavy atom. The fourth-order valence-electron chi connectivity index (χ4n) is 5.37. The molecule has 2 aliphatic heterocycles. The maximum Gasteiger partial charge on any atom is 0.323 e. The van der Waals surface area contributed by atoms with E-state index in [-0.39, 0.29) is 17.6 Å². The highest BCUT2D eigenvalue weighted by Crippen LogP contribution is 2.25. The molecule has 2 heterocycles. The van der Waals surface area contributed by atoms with Crippen molar-refractivity contribution in [3.05, 3.63) is 94.8 Å². The molecule has 230 valence electrons. The Morgan fingerprint density at radius 2 is 1.64 bits per heavy atom. The maximum atomic E-state index is 13.3. The molecule has 3 N–H and O–H groups in total. The summed E-state index contributed by atoms with van der Waals surface area (Å²) in [5, 5.41) is 14.5. The number of rotatable bonds is 8. The van der Waals surface area contributed by atoms with Crippen molar-refractivity contribution in [2.24, 2.45) is 5.92 Å². The molecule has 1 fully saturated rings. The molecule has 10 nitrogen and oxygen atoms in total. The summed E-state index contributed by atoms with van der Waals surface area (Å²) in [4.78, 5) is 28.8. The lowest BCUT2D eigenvalue weighted by molar-refractivity contribution is -0.148. The second-order valence-corrected chi connectivity index (χ2v) is 11.9. The number of hydrogen-bond donors (Lipinski definition) is 3. The zero-order valence-corrected chi connectivity index (χ0v) is 25.3. The van der Waals surface area contributed by atoms with Gasteiger partial charge < -0.3 is 20.2 Å². The number of benzene rings is 3. The van der Waals surface area contributed by atoms with Crippen LogP contribution in [0, 0.1) is 23.6 Å². The van der Waals surface area contributed by atoms with Gasteiger partial charge in [0.1, 0.15) is 11.9 Å². The molecule has 2 atom stereocenters. The van der Waals surface area contributed by atoms with Crippen LogP contribution in [0.25, 0.3) is 0 Å². The van der Waals surface area contributed by atoms with Crippen LogP contribution in [0.3, 0.4) is 0 Å². The third-order valence-electron chi connectivity index (χ3n) is 7.69. The predicted octanol–water partition coefficient (Wildman–Crippen LogP) is 3.84. The molecule has 3 aromatic rings. The molecular weight excluding hydrogens is 585 g/mol. The lowest BCUT2D eigenvalue weighted by Gasteiger charge is -2.42. The van der Waals surface area contributed by atoms with Gasteiger partial charge in [-0.1, -0.05) is 37.8 Å². The van der Waals surface area contributed by atoms with Gasteiger partial charge in [0.2, 0.25) is 11.3 Å². The van der Waals surface area contributed by atoms with Crippen molar-refractivity contribution in [3.63, 3.8) is 0 Å². The molecule has 3 aromatic carbocycles. The Bertz CT molecular complexity index is 1600. The van der Waals surface area contributed by atoms with E-state index in [2.05, 4.69) is 22.1 Å². The molecule has 0 spiro atoms. The molecule has 0 bridgehead atoms. The number of carbonyl (C=O) groups is 2. The smallest absolute Gasteiger partial charge is 0.323 e. The Kier molecular flexibility index (Phi) is 9.61. The minimum Gasteiger partial charge on any atom is -0.480 e. The quantitative estimate of drug-likeness (QED) is 0.257. The highest BCUT2D eigenvalue weighted by atomic mass is 32.2. The zero-order valence-electron chi connectivity index (χ0n) is 24.4. The van der Waals surface area contributed by atoms with E-state index in [0.717, 1.165) is 26.9 Å². The van der Waals surface area contributed by atoms with Gasteiger partial charge >= 0.3 is 5.97 Å². The van der Waals surface area contributed by atoms with E-state index < -0.39 is 23.3 Å². The number of nitrogens with one attached hydrogen (secondary N) is 1. The van der Waals surface area contributed by atoms with Crippen LogP contribution in [-0.4, -0.2) is 79.0 Å². The molecular formula is C32H34FN5O5S. The van der Waals surface area contributed by atoms with E-state index in [4.69, 9.17) is 0 Å². The first-order valence-electron chi connectivity index (χ1n) is 14.3. The van der Waals surface area contributed by atoms with E-state index in [1.54, 1.807) is 42.0 Å². The van der Waals surface area contributed by atoms with Crippen LogP contribution in [0.1, 0.15) is 40.9 Å². The summed E-state index contributed by atoms with van der Waals surface area (Å²) in [5.74, 6) is 4.38. The second-order valence-electron chi connectivity index (χ2n) is 11.0. The van der Waals surface area contributed by atoms with Gasteiger partial charge in [-0.2, -0.15) is 0 Å². The fraction of sp³-hybridized carbons (Fsp3) is 0.312. The first-order chi connectivity index (χ1) is 21.1. The summed E-state index contributed by atoms with van der Waals surface area (Å²) in [6.07, 6.45) is 0. The van der Waals surface area contributed by atoms with Gasteiger partial charge in [-0.25, -0.2) is 13.6 Å². The number of halogens is 1. The number of carbonyl (C=O) groups excluding carboxylic acids is 1. The van der Waals surface area contributed by atoms with E-state index in [1.807, 2.05) is 36.4 Å². The topological polar surface area (TPSA) is 117 Å². The van der Waals surface area contributed by atoms with Crippen LogP contribution in [-0.2, 0) is 22.6 Å². The number of hydrogen-bond acceptors (Lipinski definition) is 6. The number of carboxylic acid groups (broad SMARTS) is 1. The molecule has 2 aliphatic rings. The van der Waals surface area contributed by atoms with E-state index in [0.29, 0.717) is 50.5 Å². The summed E-state index contributed by atoms with van der Waals surface area (Å²) >= 11 is -2.45. The lowest BCUT2D eigenvalue weighted by Crippen LogP contribution is -2.60. The number of anilines is 2. The number of hydrazine groups is 1. The van der Waals surface area contributed by atoms with Crippen molar-refractivity contribution in [1.29, 1.82) is 0 Å². The molecule has 1 saturated heterocycles. The Morgan fingerprint density at radius 3 is 2.25 bits per heavy atom. The van der Waals surface area contributed by atoms with Gasteiger partial charge in [0.05, 0.1) is 12.2 Å². The van der Waals surface area contributed by atoms with Crippen molar-refractivity contribution in [2.45, 2.75) is 26.4 Å². The predicted molar refractivity (Wildman–Crippen MR) is 166 cm³/mol. The van der Waals surface area contributed by atoms with Crippen molar-refractivity contribution < 1.29 is 27.8 Å². The van der Waals surface area contributed by atoms with Crippen LogP contribution in [0.2, 0.25) is 0 Å². The standard InChI is InChI=1S/C32H34FN5O5S/c1-22(2)30(32(40)41)38(44(42)43)37-17-15-35(16-18-37)27-12-7-23(8-13-27)3-4-24-9-14-29-28(19-24)31(39)36(21-34-29)20-25-5-10-26(33)11-6-25/h5-14,19,22,30,34H,15-18,20-21H2,1-2H3,(H,40,41)(H,42,43). The van der Waals surface area contributed by atoms with Crippen molar-refractivity contribution in [3.8, 4) is 11.8 Å². The molecule has 0 aromatic heterocycles. The van der Waals surface area contributed by atoms with Gasteiger partial charge in [0, 0.05) is 55.2 Å². The van der Waals surface area contributed by atoms with Crippen molar-refractivity contribution in [1.82, 2.24) is 14.3 Å². The third kappa shape index (κ3) is 7.09. The second kappa shape index (κ2) is 13.6. The first kappa shape index (κ1) is 31.2. The molecule has 5 rings (SSSR count). The zero-order chi connectivity index (χ0) is 31.4. The van der Waals surface area contributed by atoms with E-state index in [9.17, 15) is 27.8 Å². The molecule has 12 heteroatoms. The van der Waals surface area contributed by atoms with Crippen molar-refractivity contribution >= 4 is 34.5 Å². The minimum atomic E-state index is -2.45. The monoisotopic (exact) mass is 619 g/mol. The highest BCUT2D eigenvalue weighted by molar-refractivity contribution is 7.76. The Balaban J connectivity index is 1.21. The summed E-state index contributed by atoms with van der Waals surface area (Å²) in [5.41, 5.74) is 4.60. The van der Waals surface area contributed by atoms with Gasteiger partial charge in [-0.15, -0.1) is 4.41 Å². The molecule has 1 amide bonds. The van der Waals surface area contributed by atoms with Gasteiger partial charge in [-0.3, -0.25) is 14.1 Å². The number of amides is 1. The largest absolute Gasteiger partial charge is 0.480 e. The normalized spacial score (nSPS) is 16.6. The van der Waals surface area contributed by atoms with Gasteiger partial charge in [0.15, 0.2) is 0 Å². The minimum absolute atomic E-state index is 0.118. The van der Waals surface area contributed by atoms with Gasteiger partial charge in [-0.05, 0) is 66.1 Å². The summed E-state index contributed by atoms with van der Waals surface area (Å²) in [6, 6.07) is 18.3. The highest BCUT2D eigenvalue weighted by Gasteiger charge is 2.38. The average molecular weight is 620 g/mol. The molecule has 0 saturated carbocycles. The molecule has 0 aliphatic carbocycles. The van der Waals surface area contributed by atoms with Crippen LogP contribution < -0.4 is 10.2 Å². The maximum absolute atomic E-state index is 13.3. The molecule has 0 radical (unpaired) electrons. The number of aliphatic carboxylic acids is 1. The van der Waals surface area contributed by atoms with E-state index in [1.165, 1.54) is 12.1 Å². The number of nitrogens with zero attached hydrogens (tertiary/aromatic N) is 4. The molecule has 2 unspecified atom stereocenters. The Hall–Kier alpha value is -4.28.